The fraction of sp³-hybridized carbons (Fsp3) is 0. The second-order valence-electron chi connectivity index (χ2n) is 5.96. The monoisotopic (exact) mass is 426 g/mol. The van der Waals surface area contributed by atoms with Crippen LogP contribution in [0.4, 0.5) is 14.5 Å². The van der Waals surface area contributed by atoms with Gasteiger partial charge in [0, 0.05) is 27.2 Å². The minimum atomic E-state index is -0.471. The maximum atomic E-state index is 13.7. The van der Waals surface area contributed by atoms with E-state index < -0.39 is 11.6 Å². The molecule has 4 rings (SSSR count). The summed E-state index contributed by atoms with van der Waals surface area (Å²) in [5.74, 6) is -0.602. The van der Waals surface area contributed by atoms with Gasteiger partial charge < -0.3 is 5.73 Å². The van der Waals surface area contributed by atoms with Gasteiger partial charge in [-0.05, 0) is 58.4 Å². The van der Waals surface area contributed by atoms with Crippen LogP contribution in [0.3, 0.4) is 0 Å². The molecule has 1 heterocycles. The van der Waals surface area contributed by atoms with E-state index in [9.17, 15) is 8.78 Å². The molecule has 0 aliphatic rings. The SMILES string of the molecule is N=c1c2ccc(F)cc2nc(-c2ccc(F)cc2N)n1-c1ccccc1Br. The average Bonchev–Trinajstić information content (AvgIpc) is 2.62. The highest BCUT2D eigenvalue weighted by molar-refractivity contribution is 9.10. The highest BCUT2D eigenvalue weighted by Gasteiger charge is 2.17. The number of nitrogens with two attached hydrogens (primary N) is 1. The van der Waals surface area contributed by atoms with E-state index in [0.717, 1.165) is 4.47 Å². The summed E-state index contributed by atoms with van der Waals surface area (Å²) in [5, 5.41) is 9.19. The lowest BCUT2D eigenvalue weighted by Gasteiger charge is -2.17. The Labute approximate surface area is 161 Å². The fourth-order valence-corrected chi connectivity index (χ4v) is 3.44. The lowest BCUT2D eigenvalue weighted by molar-refractivity contribution is 0.628. The Kier molecular flexibility index (Phi) is 4.24. The third kappa shape index (κ3) is 3.00. The predicted octanol–water partition coefficient (Wildman–Crippen LogP) is 4.79. The van der Waals surface area contributed by atoms with E-state index in [1.165, 1.54) is 36.4 Å². The molecule has 0 unspecified atom stereocenters. The van der Waals surface area contributed by atoms with Crippen LogP contribution < -0.4 is 11.2 Å². The summed E-state index contributed by atoms with van der Waals surface area (Å²) in [6, 6.07) is 15.4. The number of hydrogen-bond donors (Lipinski definition) is 2. The Hall–Kier alpha value is -3.06. The number of anilines is 1. The van der Waals surface area contributed by atoms with Gasteiger partial charge in [0.15, 0.2) is 0 Å². The van der Waals surface area contributed by atoms with Gasteiger partial charge in [0.05, 0.1) is 11.2 Å². The zero-order valence-electron chi connectivity index (χ0n) is 13.9. The number of rotatable bonds is 2. The molecule has 1 aromatic heterocycles. The Balaban J connectivity index is 2.17. The van der Waals surface area contributed by atoms with E-state index in [-0.39, 0.29) is 11.2 Å². The first-order chi connectivity index (χ1) is 13.0. The molecule has 27 heavy (non-hydrogen) atoms. The molecule has 0 bridgehead atoms. The molecule has 0 saturated heterocycles. The molecule has 0 spiro atoms. The van der Waals surface area contributed by atoms with Gasteiger partial charge in [0.2, 0.25) is 0 Å². The van der Waals surface area contributed by atoms with Crippen LogP contribution >= 0.6 is 15.9 Å². The first-order valence-electron chi connectivity index (χ1n) is 8.03. The van der Waals surface area contributed by atoms with Crippen LogP contribution in [0.2, 0.25) is 0 Å². The maximum Gasteiger partial charge on any atom is 0.148 e. The standard InChI is InChI=1S/C20H13BrF2N4/c21-15-3-1-2-4-18(15)27-19(25)14-8-6-12(23)10-17(14)26-20(27)13-7-5-11(22)9-16(13)24/h1-10,25H,24H2. The van der Waals surface area contributed by atoms with Crippen molar-refractivity contribution in [3.63, 3.8) is 0 Å². The predicted molar refractivity (Wildman–Crippen MR) is 104 cm³/mol. The van der Waals surface area contributed by atoms with Gasteiger partial charge in [0.1, 0.15) is 22.9 Å². The Morgan fingerprint density at radius 1 is 0.963 bits per heavy atom. The molecule has 0 radical (unpaired) electrons. The number of nitrogens with one attached hydrogen (secondary N) is 1. The molecular formula is C20H13BrF2N4. The van der Waals surface area contributed by atoms with Crippen molar-refractivity contribution < 1.29 is 8.78 Å². The van der Waals surface area contributed by atoms with E-state index in [1.54, 1.807) is 4.57 Å². The minimum Gasteiger partial charge on any atom is -0.398 e. The van der Waals surface area contributed by atoms with Crippen molar-refractivity contribution in [1.82, 2.24) is 9.55 Å². The van der Waals surface area contributed by atoms with Crippen LogP contribution in [-0.4, -0.2) is 9.55 Å². The Bertz CT molecular complexity index is 1250. The summed E-state index contributed by atoms with van der Waals surface area (Å²) in [7, 11) is 0. The summed E-state index contributed by atoms with van der Waals surface area (Å²) in [4.78, 5) is 4.55. The summed E-state index contributed by atoms with van der Waals surface area (Å²) in [6.45, 7) is 0. The average molecular weight is 427 g/mol. The first kappa shape index (κ1) is 17.4. The molecule has 0 aliphatic carbocycles. The van der Waals surface area contributed by atoms with Crippen LogP contribution in [0, 0.1) is 17.0 Å². The van der Waals surface area contributed by atoms with Crippen LogP contribution in [0.1, 0.15) is 0 Å². The third-order valence-corrected chi connectivity index (χ3v) is 4.90. The van der Waals surface area contributed by atoms with Gasteiger partial charge >= 0.3 is 0 Å². The van der Waals surface area contributed by atoms with Gasteiger partial charge in [-0.15, -0.1) is 0 Å². The number of benzene rings is 3. The molecule has 0 aliphatic heterocycles. The van der Waals surface area contributed by atoms with Crippen LogP contribution in [0.25, 0.3) is 28.0 Å². The summed E-state index contributed by atoms with van der Waals surface area (Å²) in [6.07, 6.45) is 0. The molecule has 0 fully saturated rings. The summed E-state index contributed by atoms with van der Waals surface area (Å²) in [5.41, 5.74) is 7.76. The molecule has 134 valence electrons. The number of nitrogens with zero attached hydrogens (tertiary/aromatic N) is 2. The number of halogens is 3. The number of hydrogen-bond acceptors (Lipinski definition) is 3. The largest absolute Gasteiger partial charge is 0.398 e. The van der Waals surface area contributed by atoms with Gasteiger partial charge in [-0.3, -0.25) is 9.98 Å². The van der Waals surface area contributed by atoms with Crippen LogP contribution in [-0.2, 0) is 0 Å². The fourth-order valence-electron chi connectivity index (χ4n) is 2.97. The molecule has 4 nitrogen and oxygen atoms in total. The molecular weight excluding hydrogens is 414 g/mol. The van der Waals surface area contributed by atoms with E-state index >= 15 is 0 Å². The van der Waals surface area contributed by atoms with Gasteiger partial charge in [-0.2, -0.15) is 0 Å². The zero-order valence-corrected chi connectivity index (χ0v) is 15.5. The Morgan fingerprint density at radius 2 is 1.67 bits per heavy atom. The number of fused-ring (bicyclic) bond motifs is 1. The zero-order chi connectivity index (χ0) is 19.1. The van der Waals surface area contributed by atoms with Gasteiger partial charge in [0.25, 0.3) is 0 Å². The van der Waals surface area contributed by atoms with Crippen LogP contribution in [0.5, 0.6) is 0 Å². The van der Waals surface area contributed by atoms with E-state index in [4.69, 9.17) is 11.1 Å². The van der Waals surface area contributed by atoms with Crippen molar-refractivity contribution in [3.8, 4) is 17.1 Å². The number of aromatic nitrogens is 2. The first-order valence-corrected chi connectivity index (χ1v) is 8.82. The molecule has 0 saturated carbocycles. The van der Waals surface area contributed by atoms with Crippen molar-refractivity contribution >= 4 is 32.5 Å². The van der Waals surface area contributed by atoms with Crippen molar-refractivity contribution in [3.05, 3.63) is 82.3 Å². The third-order valence-electron chi connectivity index (χ3n) is 4.22. The summed E-state index contributed by atoms with van der Waals surface area (Å²) < 4.78 is 29.6. The molecule has 3 aromatic carbocycles. The molecule has 7 heteroatoms. The lowest BCUT2D eigenvalue weighted by atomic mass is 10.1. The second kappa shape index (κ2) is 6.59. The normalized spacial score (nSPS) is 11.1. The van der Waals surface area contributed by atoms with E-state index in [0.29, 0.717) is 28.0 Å². The molecule has 3 N–H and O–H groups in total. The van der Waals surface area contributed by atoms with Crippen molar-refractivity contribution in [2.75, 3.05) is 5.73 Å². The summed E-state index contributed by atoms with van der Waals surface area (Å²) >= 11 is 3.50. The molecule has 0 atom stereocenters. The van der Waals surface area contributed by atoms with Crippen LogP contribution in [0.15, 0.2) is 65.1 Å². The van der Waals surface area contributed by atoms with E-state index in [1.807, 2.05) is 24.3 Å². The number of para-hydroxylation sites is 1. The molecule has 0 amide bonds. The highest BCUT2D eigenvalue weighted by atomic mass is 79.9. The van der Waals surface area contributed by atoms with Crippen molar-refractivity contribution in [1.29, 1.82) is 5.41 Å². The quantitative estimate of drug-likeness (QED) is 0.452. The van der Waals surface area contributed by atoms with Gasteiger partial charge in [-0.25, -0.2) is 13.8 Å². The lowest BCUT2D eigenvalue weighted by Crippen LogP contribution is -2.23. The Morgan fingerprint density at radius 3 is 2.41 bits per heavy atom. The van der Waals surface area contributed by atoms with Gasteiger partial charge in [-0.1, -0.05) is 12.1 Å². The molecule has 4 aromatic rings. The minimum absolute atomic E-state index is 0.116. The highest BCUT2D eigenvalue weighted by Crippen LogP contribution is 2.30. The topological polar surface area (TPSA) is 67.7 Å². The van der Waals surface area contributed by atoms with E-state index in [2.05, 4.69) is 20.9 Å². The number of nitrogen functional groups attached to an aromatic ring is 1. The van der Waals surface area contributed by atoms with Crippen molar-refractivity contribution in [2.45, 2.75) is 0 Å². The smallest absolute Gasteiger partial charge is 0.148 e. The second-order valence-corrected chi connectivity index (χ2v) is 6.82. The maximum absolute atomic E-state index is 13.7. The van der Waals surface area contributed by atoms with Crippen molar-refractivity contribution in [2.24, 2.45) is 0 Å².